The Hall–Kier alpha value is -0.0800. The Kier molecular flexibility index (Phi) is 8.01. The molecule has 1 heterocycles. The zero-order valence-electron chi connectivity index (χ0n) is 13.5. The van der Waals surface area contributed by atoms with Crippen molar-refractivity contribution in [1.29, 1.82) is 0 Å². The van der Waals surface area contributed by atoms with Crippen LogP contribution in [0.4, 0.5) is 0 Å². The molecule has 0 bridgehead atoms. The molecule has 1 saturated heterocycles. The second kappa shape index (κ2) is 8.97. The second-order valence-corrected chi connectivity index (χ2v) is 6.73. The molecule has 0 aromatic rings. The summed E-state index contributed by atoms with van der Waals surface area (Å²) in [6.45, 7) is 5.55. The third kappa shape index (κ3) is 6.76. The molecule has 2 nitrogen and oxygen atoms in total. The average Bonchev–Trinajstić information content (AvgIpc) is 2.38. The first-order valence-corrected chi connectivity index (χ1v) is 8.50. The molecule has 0 radical (unpaired) electrons. The third-order valence-corrected chi connectivity index (χ3v) is 4.85. The van der Waals surface area contributed by atoms with Crippen LogP contribution in [0.25, 0.3) is 0 Å². The summed E-state index contributed by atoms with van der Waals surface area (Å²) in [4.78, 5) is 2.36. The minimum Gasteiger partial charge on any atom is -0.390 e. The zero-order chi connectivity index (χ0) is 14.1. The van der Waals surface area contributed by atoms with Crippen LogP contribution in [0.1, 0.15) is 84.5 Å². The van der Waals surface area contributed by atoms with Gasteiger partial charge in [-0.15, -0.1) is 0 Å². The van der Waals surface area contributed by atoms with Crippen molar-refractivity contribution in [2.24, 2.45) is 0 Å². The number of unbranched alkanes of at least 4 members (excludes halogenated alkanes) is 7. The van der Waals surface area contributed by atoms with Gasteiger partial charge in [0.25, 0.3) is 0 Å². The Morgan fingerprint density at radius 2 is 1.63 bits per heavy atom. The highest BCUT2D eigenvalue weighted by Crippen LogP contribution is 2.30. The molecule has 0 aromatic heterocycles. The zero-order valence-corrected chi connectivity index (χ0v) is 13.5. The SMILES string of the molecule is CCCCCCCCCCC1(O)CCN(C)C(C)C1. The van der Waals surface area contributed by atoms with Gasteiger partial charge in [-0.1, -0.05) is 58.3 Å². The predicted molar refractivity (Wildman–Crippen MR) is 83.5 cm³/mol. The maximum atomic E-state index is 10.6. The lowest BCUT2D eigenvalue weighted by Gasteiger charge is -2.41. The third-order valence-electron chi connectivity index (χ3n) is 4.85. The predicted octanol–water partition coefficient (Wildman–Crippen LogP) is 4.36. The lowest BCUT2D eigenvalue weighted by atomic mass is 9.83. The second-order valence-electron chi connectivity index (χ2n) is 6.73. The molecule has 0 aliphatic carbocycles. The van der Waals surface area contributed by atoms with Crippen LogP contribution in [0.5, 0.6) is 0 Å². The molecule has 114 valence electrons. The molecule has 1 fully saturated rings. The average molecular weight is 269 g/mol. The minimum atomic E-state index is -0.367. The number of hydrogen-bond donors (Lipinski definition) is 1. The van der Waals surface area contributed by atoms with E-state index in [-0.39, 0.29) is 5.60 Å². The summed E-state index contributed by atoms with van der Waals surface area (Å²) in [7, 11) is 2.17. The van der Waals surface area contributed by atoms with Gasteiger partial charge in [-0.25, -0.2) is 0 Å². The fourth-order valence-electron chi connectivity index (χ4n) is 3.23. The summed E-state index contributed by atoms with van der Waals surface area (Å²) in [6, 6.07) is 0.535. The van der Waals surface area contributed by atoms with E-state index in [1.807, 2.05) is 0 Å². The number of nitrogens with zero attached hydrogens (tertiary/aromatic N) is 1. The largest absolute Gasteiger partial charge is 0.390 e. The molecule has 2 heteroatoms. The van der Waals surface area contributed by atoms with Gasteiger partial charge in [-0.05, 0) is 33.2 Å². The molecule has 1 aliphatic heterocycles. The quantitative estimate of drug-likeness (QED) is 0.629. The summed E-state index contributed by atoms with van der Waals surface area (Å²) in [5.74, 6) is 0. The summed E-state index contributed by atoms with van der Waals surface area (Å²) in [5.41, 5.74) is -0.367. The van der Waals surface area contributed by atoms with Gasteiger partial charge in [0.2, 0.25) is 0 Å². The minimum absolute atomic E-state index is 0.367. The van der Waals surface area contributed by atoms with E-state index in [2.05, 4.69) is 25.8 Å². The molecular weight excluding hydrogens is 234 g/mol. The van der Waals surface area contributed by atoms with Gasteiger partial charge in [-0.3, -0.25) is 0 Å². The molecule has 2 atom stereocenters. The van der Waals surface area contributed by atoms with E-state index in [1.54, 1.807) is 0 Å². The van der Waals surface area contributed by atoms with Crippen molar-refractivity contribution in [1.82, 2.24) is 4.90 Å². The number of aliphatic hydroxyl groups is 1. The van der Waals surface area contributed by atoms with Gasteiger partial charge in [-0.2, -0.15) is 0 Å². The normalized spacial score (nSPS) is 28.7. The first-order valence-electron chi connectivity index (χ1n) is 8.50. The van der Waals surface area contributed by atoms with E-state index in [0.29, 0.717) is 6.04 Å². The van der Waals surface area contributed by atoms with Crippen LogP contribution in [0.15, 0.2) is 0 Å². The fourth-order valence-corrected chi connectivity index (χ4v) is 3.23. The topological polar surface area (TPSA) is 23.5 Å². The summed E-state index contributed by atoms with van der Waals surface area (Å²) < 4.78 is 0. The van der Waals surface area contributed by atoms with Crippen molar-refractivity contribution < 1.29 is 5.11 Å². The fraction of sp³-hybridized carbons (Fsp3) is 1.00. The van der Waals surface area contributed by atoms with Crippen LogP contribution >= 0.6 is 0 Å². The number of likely N-dealkylation sites (tertiary alicyclic amines) is 1. The van der Waals surface area contributed by atoms with Crippen molar-refractivity contribution in [3.05, 3.63) is 0 Å². The van der Waals surface area contributed by atoms with E-state index in [4.69, 9.17) is 0 Å². The Bertz CT molecular complexity index is 231. The molecule has 0 spiro atoms. The van der Waals surface area contributed by atoms with E-state index in [9.17, 15) is 5.11 Å². The lowest BCUT2D eigenvalue weighted by molar-refractivity contribution is -0.0434. The Morgan fingerprint density at radius 1 is 1.05 bits per heavy atom. The van der Waals surface area contributed by atoms with E-state index in [1.165, 1.54) is 51.4 Å². The van der Waals surface area contributed by atoms with Crippen LogP contribution in [-0.4, -0.2) is 35.2 Å². The standard InChI is InChI=1S/C17H35NO/c1-4-5-6-7-8-9-10-11-12-17(19)13-14-18(3)16(2)15-17/h16,19H,4-15H2,1-3H3. The van der Waals surface area contributed by atoms with Crippen molar-refractivity contribution in [3.63, 3.8) is 0 Å². The van der Waals surface area contributed by atoms with Crippen LogP contribution in [0.3, 0.4) is 0 Å². The van der Waals surface area contributed by atoms with E-state index in [0.717, 1.165) is 25.8 Å². The Morgan fingerprint density at radius 3 is 2.21 bits per heavy atom. The van der Waals surface area contributed by atoms with Gasteiger partial charge >= 0.3 is 0 Å². The van der Waals surface area contributed by atoms with E-state index < -0.39 is 0 Å². The highest BCUT2D eigenvalue weighted by molar-refractivity contribution is 4.88. The van der Waals surface area contributed by atoms with Crippen molar-refractivity contribution in [2.45, 2.75) is 96.1 Å². The van der Waals surface area contributed by atoms with Crippen LogP contribution in [0, 0.1) is 0 Å². The summed E-state index contributed by atoms with van der Waals surface area (Å²) in [6.07, 6.45) is 13.7. The molecule has 1 N–H and O–H groups in total. The highest BCUT2D eigenvalue weighted by Gasteiger charge is 2.34. The van der Waals surface area contributed by atoms with Crippen molar-refractivity contribution in [3.8, 4) is 0 Å². The molecule has 0 saturated carbocycles. The molecule has 2 unspecified atom stereocenters. The smallest absolute Gasteiger partial charge is 0.0674 e. The molecule has 1 rings (SSSR count). The first kappa shape index (κ1) is 17.0. The van der Waals surface area contributed by atoms with Crippen molar-refractivity contribution in [2.75, 3.05) is 13.6 Å². The van der Waals surface area contributed by atoms with Crippen LogP contribution < -0.4 is 0 Å². The van der Waals surface area contributed by atoms with E-state index >= 15 is 0 Å². The summed E-state index contributed by atoms with van der Waals surface area (Å²) in [5, 5.41) is 10.6. The highest BCUT2D eigenvalue weighted by atomic mass is 16.3. The lowest BCUT2D eigenvalue weighted by Crippen LogP contribution is -2.47. The van der Waals surface area contributed by atoms with Gasteiger partial charge in [0.1, 0.15) is 0 Å². The number of hydrogen-bond acceptors (Lipinski definition) is 2. The van der Waals surface area contributed by atoms with Gasteiger partial charge in [0, 0.05) is 12.6 Å². The summed E-state index contributed by atoms with van der Waals surface area (Å²) >= 11 is 0. The van der Waals surface area contributed by atoms with Crippen LogP contribution in [-0.2, 0) is 0 Å². The van der Waals surface area contributed by atoms with Gasteiger partial charge in [0.05, 0.1) is 5.60 Å². The Balaban J connectivity index is 2.02. The van der Waals surface area contributed by atoms with Gasteiger partial charge in [0.15, 0.2) is 0 Å². The Labute approximate surface area is 120 Å². The maximum absolute atomic E-state index is 10.6. The number of piperidine rings is 1. The number of rotatable bonds is 9. The van der Waals surface area contributed by atoms with Crippen LogP contribution in [0.2, 0.25) is 0 Å². The molecule has 0 amide bonds. The monoisotopic (exact) mass is 269 g/mol. The molecule has 19 heavy (non-hydrogen) atoms. The molecular formula is C17H35NO. The van der Waals surface area contributed by atoms with Crippen molar-refractivity contribution >= 4 is 0 Å². The van der Waals surface area contributed by atoms with Gasteiger partial charge < -0.3 is 10.0 Å². The molecule has 1 aliphatic rings. The molecule has 0 aromatic carbocycles. The maximum Gasteiger partial charge on any atom is 0.0674 e. The first-order chi connectivity index (χ1) is 9.07.